The molecule has 0 saturated heterocycles. The van der Waals surface area contributed by atoms with Crippen molar-refractivity contribution in [3.05, 3.63) is 157 Å². The molecule has 0 saturated carbocycles. The van der Waals surface area contributed by atoms with E-state index < -0.39 is 7.92 Å². The standard InChI is InChI=1S/C18H15P.C12H10.C8H19NOP.2ClH.Ru.H2/c1-4-10-16(11-5-1)19(17-12-6-2-7-13-17)18-14-8-3-9-15-18;1-3-7-11(8-4-1)12-9-5-2-6-10-12;1-2-3-6-10-7-4-9-5-8-11;;;;/h1-15H;1-10H;2-8,11H2,1H3;2*1H;;1H/q;;-1;;;+2;/p-1. The first-order chi connectivity index (χ1) is 22.2. The zero-order chi connectivity index (χ0) is 32.2. The Morgan fingerprint density at radius 2 is 0.956 bits per heavy atom. The van der Waals surface area contributed by atoms with Crippen LogP contribution in [0.2, 0.25) is 0 Å². The number of hydrogen-bond acceptors (Lipinski definition) is 1. The van der Waals surface area contributed by atoms with Crippen LogP contribution in [0.4, 0.5) is 0 Å². The Labute approximate surface area is 292 Å². The summed E-state index contributed by atoms with van der Waals surface area (Å²) >= 11 is -0.346. The molecule has 0 aliphatic carbocycles. The van der Waals surface area contributed by atoms with Crippen LogP contribution in [0.5, 0.6) is 0 Å². The fourth-order valence-corrected chi connectivity index (χ4v) is 7.02. The van der Waals surface area contributed by atoms with E-state index in [-0.39, 0.29) is 16.6 Å². The van der Waals surface area contributed by atoms with Gasteiger partial charge in [-0.25, -0.2) is 0 Å². The molecule has 0 aromatic heterocycles. The molecule has 0 radical (unpaired) electrons. The van der Waals surface area contributed by atoms with Gasteiger partial charge in [0.05, 0.1) is 7.92 Å². The summed E-state index contributed by atoms with van der Waals surface area (Å²) in [6, 6.07) is 53.3. The first-order valence-corrected chi connectivity index (χ1v) is 21.9. The van der Waals surface area contributed by atoms with Gasteiger partial charge in [-0.3, -0.25) is 0 Å². The molecule has 5 aromatic carbocycles. The van der Waals surface area contributed by atoms with Crippen LogP contribution >= 0.6 is 36.5 Å². The van der Waals surface area contributed by atoms with Crippen LogP contribution in [0.3, 0.4) is 0 Å². The van der Waals surface area contributed by atoms with Crippen molar-refractivity contribution in [1.29, 1.82) is 0 Å². The zero-order valence-corrected chi connectivity index (χ0v) is 31.3. The number of hydrogen-bond donors (Lipinski definition) is 0. The Kier molecular flexibility index (Phi) is 23.7. The van der Waals surface area contributed by atoms with Crippen LogP contribution in [0, 0.1) is 0 Å². The molecule has 0 N–H and O–H groups in total. The van der Waals surface area contributed by atoms with Crippen LogP contribution in [0.15, 0.2) is 152 Å². The summed E-state index contributed by atoms with van der Waals surface area (Å²) in [7, 11) is 11.5. The fraction of sp³-hybridized carbons (Fsp3) is 0.211. The predicted octanol–water partition coefficient (Wildman–Crippen LogP) is 10.2. The van der Waals surface area contributed by atoms with E-state index in [0.29, 0.717) is 0 Å². The smallest absolute Gasteiger partial charge is 0.0622 e. The molecule has 0 bridgehead atoms. The van der Waals surface area contributed by atoms with Crippen LogP contribution < -0.4 is 15.9 Å². The maximum atomic E-state index is 5.32. The molecule has 5 aromatic rings. The van der Waals surface area contributed by atoms with Gasteiger partial charge in [0.25, 0.3) is 0 Å². The molecule has 2 nitrogen and oxygen atoms in total. The minimum atomic E-state index is -0.877. The number of rotatable bonds is 12. The van der Waals surface area contributed by atoms with Gasteiger partial charge in [-0.2, -0.15) is 0 Å². The van der Waals surface area contributed by atoms with Gasteiger partial charge in [-0.1, -0.05) is 135 Å². The average molecular weight is 768 g/mol. The van der Waals surface area contributed by atoms with E-state index >= 15 is 0 Å². The monoisotopic (exact) mass is 767 g/mol. The van der Waals surface area contributed by atoms with Gasteiger partial charge >= 0.3 is 34.5 Å². The summed E-state index contributed by atoms with van der Waals surface area (Å²) in [6.45, 7) is 5.67. The molecule has 0 spiro atoms. The van der Waals surface area contributed by atoms with Gasteiger partial charge in [0.2, 0.25) is 0 Å². The van der Waals surface area contributed by atoms with Crippen LogP contribution in [0.1, 0.15) is 21.2 Å². The Hall–Kier alpha value is -1.92. The second-order valence-electron chi connectivity index (χ2n) is 9.68. The number of benzene rings is 5. The van der Waals surface area contributed by atoms with E-state index in [1.165, 1.54) is 39.9 Å². The van der Waals surface area contributed by atoms with E-state index in [0.717, 1.165) is 32.5 Å². The molecule has 1 atom stereocenters. The maximum absolute atomic E-state index is 5.32. The van der Waals surface area contributed by atoms with Gasteiger partial charge in [-0.15, -0.1) is 22.3 Å². The van der Waals surface area contributed by atoms with Crippen LogP contribution in [-0.2, 0) is 19.9 Å². The molecule has 0 amide bonds. The molecule has 0 aliphatic heterocycles. The third-order valence-electron chi connectivity index (χ3n) is 6.39. The average Bonchev–Trinajstić information content (AvgIpc) is 3.11. The van der Waals surface area contributed by atoms with Crippen molar-refractivity contribution in [2.75, 3.05) is 32.5 Å². The summed E-state index contributed by atoms with van der Waals surface area (Å²) in [5.74, 6) is 0. The van der Waals surface area contributed by atoms with Gasteiger partial charge in [0, 0.05) is 14.6 Å². The minimum Gasteiger partial charge on any atom is -0.0622 e. The molecular formula is C38H47Cl2NOP2Ru. The van der Waals surface area contributed by atoms with Gasteiger partial charge in [0.1, 0.15) is 15.9 Å². The first kappa shape index (κ1) is 39.3. The van der Waals surface area contributed by atoms with Gasteiger partial charge in [-0.05, 0) is 53.9 Å². The van der Waals surface area contributed by atoms with Crippen molar-refractivity contribution in [3.8, 4) is 11.1 Å². The summed E-state index contributed by atoms with van der Waals surface area (Å²) in [4.78, 5) is 0. The third-order valence-corrected chi connectivity index (χ3v) is 9.38. The maximum Gasteiger partial charge on any atom is 0.102 e. The van der Waals surface area contributed by atoms with Crippen molar-refractivity contribution >= 4 is 52.5 Å². The summed E-state index contributed by atoms with van der Waals surface area (Å²) < 4.78 is 5.32. The Bertz CT molecular complexity index is 1210. The van der Waals surface area contributed by atoms with Crippen molar-refractivity contribution in [2.24, 2.45) is 0 Å². The molecule has 0 heterocycles. The Morgan fingerprint density at radius 1 is 0.600 bits per heavy atom. The number of nitrogens with zero attached hydrogens (tertiary/aromatic N) is 1. The van der Waals surface area contributed by atoms with Crippen molar-refractivity contribution in [1.82, 2.24) is 0 Å². The van der Waals surface area contributed by atoms with Crippen LogP contribution in [0.25, 0.3) is 16.4 Å². The molecule has 5 rings (SSSR count). The normalized spacial score (nSPS) is 10.1. The minimum absolute atomic E-state index is 0. The largest absolute Gasteiger partial charge is 0.102 e. The molecule has 45 heavy (non-hydrogen) atoms. The van der Waals surface area contributed by atoms with Crippen molar-refractivity contribution in [2.45, 2.75) is 19.8 Å². The number of halogens is 2. The molecular weight excluding hydrogens is 720 g/mol. The van der Waals surface area contributed by atoms with Gasteiger partial charge < -0.3 is 10.1 Å². The van der Waals surface area contributed by atoms with Crippen molar-refractivity contribution < 1.29 is 21.3 Å². The van der Waals surface area contributed by atoms with E-state index in [2.05, 4.69) is 161 Å². The molecule has 1 unspecified atom stereocenters. The van der Waals surface area contributed by atoms with Crippen LogP contribution in [-0.4, -0.2) is 32.5 Å². The predicted molar refractivity (Wildman–Crippen MR) is 206 cm³/mol. The number of ether oxygens (including phenoxy) is 1. The molecule has 0 fully saturated rings. The SMILES string of the molecule is CCCCOCC[N-]CCP.[Cl][Ru][Cl].[HH].c1ccc(-c2ccccc2)cc1.c1ccc([PH+](c2ccccc2)c2ccccc2)cc1. The zero-order valence-electron chi connectivity index (χ0n) is 25.9. The van der Waals surface area contributed by atoms with E-state index in [4.69, 9.17) is 24.1 Å². The first-order valence-electron chi connectivity index (χ1n) is 15.1. The molecule has 0 aliphatic rings. The van der Waals surface area contributed by atoms with E-state index in [1.54, 1.807) is 0 Å². The molecule has 7 heteroatoms. The van der Waals surface area contributed by atoms with Crippen molar-refractivity contribution in [3.63, 3.8) is 0 Å². The second-order valence-corrected chi connectivity index (χ2v) is 15.4. The van der Waals surface area contributed by atoms with E-state index in [9.17, 15) is 0 Å². The summed E-state index contributed by atoms with van der Waals surface area (Å²) in [6.07, 6.45) is 3.45. The topological polar surface area (TPSA) is 23.3 Å². The number of unbranched alkanes of at least 4 members (excludes halogenated alkanes) is 1. The molecule has 242 valence electrons. The van der Waals surface area contributed by atoms with Gasteiger partial charge in [0.15, 0.2) is 0 Å². The fourth-order valence-electron chi connectivity index (χ4n) is 4.26. The second kappa shape index (κ2) is 27.2. The third kappa shape index (κ3) is 17.5. The Balaban J connectivity index is 0.000000343. The summed E-state index contributed by atoms with van der Waals surface area (Å²) in [5.41, 5.74) is 2.55. The quantitative estimate of drug-likeness (QED) is 0.0705. The Morgan fingerprint density at radius 3 is 1.29 bits per heavy atom. The van der Waals surface area contributed by atoms with E-state index in [1.807, 2.05) is 12.1 Å². The summed E-state index contributed by atoms with van der Waals surface area (Å²) in [5, 5.41) is 8.55.